The molecule has 0 aliphatic heterocycles. The van der Waals surface area contributed by atoms with Gasteiger partial charge in [0.15, 0.2) is 0 Å². The number of nitrogens with two attached hydrogens (primary N) is 1. The van der Waals surface area contributed by atoms with Crippen LogP contribution < -0.4 is 10.5 Å². The molecule has 1 aromatic carbocycles. The van der Waals surface area contributed by atoms with Gasteiger partial charge < -0.3 is 10.5 Å². The van der Waals surface area contributed by atoms with Gasteiger partial charge in [-0.05, 0) is 44.0 Å². The molecule has 0 fully saturated rings. The largest absolute Gasteiger partial charge is 0.496 e. The summed E-state index contributed by atoms with van der Waals surface area (Å²) < 4.78 is 5.24. The number of hydrogen-bond donors (Lipinski definition) is 1. The Balaban J connectivity index is 3.42. The van der Waals surface area contributed by atoms with Crippen LogP contribution in [0, 0.1) is 25.2 Å². The molecule has 1 aromatic rings. The van der Waals surface area contributed by atoms with Gasteiger partial charge in [-0.25, -0.2) is 0 Å². The zero-order valence-corrected chi connectivity index (χ0v) is 9.59. The number of methoxy groups -OCH3 is 1. The predicted molar refractivity (Wildman–Crippen MR) is 59.6 cm³/mol. The number of aryl methyl sites for hydroxylation is 2. The van der Waals surface area contributed by atoms with Crippen molar-refractivity contribution < 1.29 is 4.74 Å². The van der Waals surface area contributed by atoms with Crippen molar-refractivity contribution in [3.63, 3.8) is 0 Å². The van der Waals surface area contributed by atoms with Gasteiger partial charge in [0.2, 0.25) is 0 Å². The van der Waals surface area contributed by atoms with Crippen LogP contribution in [0.5, 0.6) is 5.75 Å². The minimum Gasteiger partial charge on any atom is -0.496 e. The summed E-state index contributed by atoms with van der Waals surface area (Å²) in [7, 11) is 1.58. The molecule has 80 valence electrons. The minimum absolute atomic E-state index is 0.671. The zero-order chi connectivity index (χ0) is 11.6. The number of nitrogens with zero attached hydrogens (tertiary/aromatic N) is 1. The molecule has 0 saturated carbocycles. The van der Waals surface area contributed by atoms with Crippen molar-refractivity contribution in [2.45, 2.75) is 26.3 Å². The summed E-state index contributed by atoms with van der Waals surface area (Å²) in [6.07, 6.45) is 0. The maximum Gasteiger partial charge on any atom is 0.130 e. The number of ether oxygens (including phenoxy) is 1. The fourth-order valence-corrected chi connectivity index (χ4v) is 1.42. The Hall–Kier alpha value is -1.53. The molecule has 15 heavy (non-hydrogen) atoms. The molecular formula is C12H16N2O. The van der Waals surface area contributed by atoms with Crippen LogP contribution in [0.3, 0.4) is 0 Å². The Labute approximate surface area is 90.5 Å². The van der Waals surface area contributed by atoms with Crippen LogP contribution in [0.25, 0.3) is 0 Å². The highest BCUT2D eigenvalue weighted by Gasteiger charge is 2.25. The monoisotopic (exact) mass is 204 g/mol. The molecule has 1 unspecified atom stereocenters. The lowest BCUT2D eigenvalue weighted by Crippen LogP contribution is -2.31. The van der Waals surface area contributed by atoms with Gasteiger partial charge in [-0.1, -0.05) is 0 Å². The van der Waals surface area contributed by atoms with Gasteiger partial charge in [-0.3, -0.25) is 0 Å². The molecule has 0 aliphatic rings. The van der Waals surface area contributed by atoms with Gasteiger partial charge in [0.1, 0.15) is 11.3 Å². The molecule has 0 bridgehead atoms. The number of nitriles is 1. The van der Waals surface area contributed by atoms with Gasteiger partial charge in [0, 0.05) is 5.56 Å². The lowest BCUT2D eigenvalue weighted by molar-refractivity contribution is 0.400. The van der Waals surface area contributed by atoms with E-state index >= 15 is 0 Å². The maximum absolute atomic E-state index is 9.00. The van der Waals surface area contributed by atoms with Crippen LogP contribution in [-0.4, -0.2) is 7.11 Å². The van der Waals surface area contributed by atoms with E-state index in [-0.39, 0.29) is 0 Å². The average Bonchev–Trinajstić information content (AvgIpc) is 2.21. The van der Waals surface area contributed by atoms with Gasteiger partial charge in [0.05, 0.1) is 13.2 Å². The van der Waals surface area contributed by atoms with Crippen LogP contribution >= 0.6 is 0 Å². The third kappa shape index (κ3) is 2.11. The highest BCUT2D eigenvalue weighted by Crippen LogP contribution is 2.30. The Morgan fingerprint density at radius 1 is 1.33 bits per heavy atom. The predicted octanol–water partition coefficient (Wildman–Crippen LogP) is 2.01. The average molecular weight is 204 g/mol. The van der Waals surface area contributed by atoms with Crippen LogP contribution in [0.1, 0.15) is 23.6 Å². The number of rotatable bonds is 2. The first-order chi connectivity index (χ1) is 6.92. The summed E-state index contributed by atoms with van der Waals surface area (Å²) in [4.78, 5) is 0. The molecule has 2 N–H and O–H groups in total. The van der Waals surface area contributed by atoms with Crippen molar-refractivity contribution >= 4 is 0 Å². The molecule has 0 aromatic heterocycles. The highest BCUT2D eigenvalue weighted by molar-refractivity contribution is 5.47. The molecule has 1 atom stereocenters. The molecule has 0 spiro atoms. The van der Waals surface area contributed by atoms with E-state index in [1.54, 1.807) is 14.0 Å². The van der Waals surface area contributed by atoms with E-state index in [4.69, 9.17) is 15.7 Å². The first-order valence-corrected chi connectivity index (χ1v) is 4.78. The van der Waals surface area contributed by atoms with E-state index < -0.39 is 5.54 Å². The van der Waals surface area contributed by atoms with Gasteiger partial charge in [-0.2, -0.15) is 5.26 Å². The Morgan fingerprint density at radius 3 is 2.33 bits per heavy atom. The smallest absolute Gasteiger partial charge is 0.130 e. The zero-order valence-electron chi connectivity index (χ0n) is 9.59. The van der Waals surface area contributed by atoms with Crippen LogP contribution in [-0.2, 0) is 5.54 Å². The van der Waals surface area contributed by atoms with E-state index in [1.165, 1.54) is 0 Å². The van der Waals surface area contributed by atoms with Crippen molar-refractivity contribution in [3.05, 3.63) is 28.8 Å². The summed E-state index contributed by atoms with van der Waals surface area (Å²) in [5.41, 5.74) is 7.85. The summed E-state index contributed by atoms with van der Waals surface area (Å²) in [5, 5.41) is 9.00. The second kappa shape index (κ2) is 3.92. The topological polar surface area (TPSA) is 59.0 Å². The van der Waals surface area contributed by atoms with Crippen molar-refractivity contribution in [1.82, 2.24) is 0 Å². The molecule has 0 heterocycles. The van der Waals surface area contributed by atoms with Crippen LogP contribution in [0.2, 0.25) is 0 Å². The van der Waals surface area contributed by atoms with E-state index in [2.05, 4.69) is 6.07 Å². The molecule has 1 rings (SSSR count). The van der Waals surface area contributed by atoms with E-state index in [0.717, 1.165) is 16.7 Å². The van der Waals surface area contributed by atoms with Gasteiger partial charge in [-0.15, -0.1) is 0 Å². The number of hydrogen-bond acceptors (Lipinski definition) is 3. The Morgan fingerprint density at radius 2 is 1.87 bits per heavy atom. The summed E-state index contributed by atoms with van der Waals surface area (Å²) in [6, 6.07) is 5.90. The lowest BCUT2D eigenvalue weighted by Gasteiger charge is -2.20. The fourth-order valence-electron chi connectivity index (χ4n) is 1.42. The van der Waals surface area contributed by atoms with Crippen molar-refractivity contribution in [3.8, 4) is 11.8 Å². The van der Waals surface area contributed by atoms with E-state index in [1.807, 2.05) is 26.0 Å². The third-order valence-electron chi connectivity index (χ3n) is 2.61. The summed E-state index contributed by atoms with van der Waals surface area (Å²) >= 11 is 0. The van der Waals surface area contributed by atoms with Crippen LogP contribution in [0.15, 0.2) is 12.1 Å². The maximum atomic E-state index is 9.00. The van der Waals surface area contributed by atoms with E-state index in [9.17, 15) is 0 Å². The van der Waals surface area contributed by atoms with Gasteiger partial charge >= 0.3 is 0 Å². The molecule has 0 amide bonds. The van der Waals surface area contributed by atoms with Crippen LogP contribution in [0.4, 0.5) is 0 Å². The molecule has 0 saturated heterocycles. The molecule has 3 heteroatoms. The molecule has 3 nitrogen and oxygen atoms in total. The van der Waals surface area contributed by atoms with Crippen molar-refractivity contribution in [2.24, 2.45) is 5.73 Å². The number of benzene rings is 1. The van der Waals surface area contributed by atoms with Gasteiger partial charge in [0.25, 0.3) is 0 Å². The molecular weight excluding hydrogens is 188 g/mol. The lowest BCUT2D eigenvalue weighted by atomic mass is 9.91. The van der Waals surface area contributed by atoms with Crippen molar-refractivity contribution in [1.29, 1.82) is 5.26 Å². The SMILES string of the molecule is COc1cc(C)c(C)cc1C(C)(N)C#N. The normalized spacial score (nSPS) is 14.1. The summed E-state index contributed by atoms with van der Waals surface area (Å²) in [5.74, 6) is 0.671. The second-order valence-electron chi connectivity index (χ2n) is 3.95. The summed E-state index contributed by atoms with van der Waals surface area (Å²) in [6.45, 7) is 5.67. The second-order valence-corrected chi connectivity index (χ2v) is 3.95. The molecule has 0 radical (unpaired) electrons. The highest BCUT2D eigenvalue weighted by atomic mass is 16.5. The molecule has 0 aliphatic carbocycles. The third-order valence-corrected chi connectivity index (χ3v) is 2.61. The Kier molecular flexibility index (Phi) is 3.01. The standard InChI is InChI=1S/C12H16N2O/c1-8-5-10(12(3,14)7-13)11(15-4)6-9(8)2/h5-6H,14H2,1-4H3. The minimum atomic E-state index is -1.01. The first-order valence-electron chi connectivity index (χ1n) is 4.78. The quantitative estimate of drug-likeness (QED) is 0.801. The Bertz CT molecular complexity index is 416. The first kappa shape index (κ1) is 11.5. The van der Waals surface area contributed by atoms with E-state index in [0.29, 0.717) is 5.75 Å². The fraction of sp³-hybridized carbons (Fsp3) is 0.417. The van der Waals surface area contributed by atoms with Crippen molar-refractivity contribution in [2.75, 3.05) is 7.11 Å².